The number of hydrogen-bond acceptors (Lipinski definition) is 7. The molecule has 11 heteroatoms. The van der Waals surface area contributed by atoms with Crippen molar-refractivity contribution >= 4 is 11.8 Å². The molecule has 0 unspecified atom stereocenters. The summed E-state index contributed by atoms with van der Waals surface area (Å²) in [6, 6.07) is 2.48. The Kier molecular flexibility index (Phi) is 7.46. The van der Waals surface area contributed by atoms with Gasteiger partial charge < -0.3 is 24.8 Å². The van der Waals surface area contributed by atoms with Gasteiger partial charge in [0.15, 0.2) is 0 Å². The molecule has 1 saturated carbocycles. The second kappa shape index (κ2) is 10.4. The number of carbonyl (C=O) groups is 2. The number of hydrogen-bond donors (Lipinski definition) is 2. The summed E-state index contributed by atoms with van der Waals surface area (Å²) in [5.41, 5.74) is -0.676. The molecule has 1 aliphatic carbocycles. The fraction of sp³-hybridized carbons (Fsp3) is 0.583. The van der Waals surface area contributed by atoms with Crippen LogP contribution in [-0.4, -0.2) is 71.8 Å². The van der Waals surface area contributed by atoms with Crippen molar-refractivity contribution in [2.45, 2.75) is 44.7 Å². The Bertz CT molecular complexity index is 1070. The van der Waals surface area contributed by atoms with Gasteiger partial charge in [-0.05, 0) is 51.2 Å². The van der Waals surface area contributed by atoms with Crippen molar-refractivity contribution < 1.29 is 27.6 Å². The molecule has 2 N–H and O–H groups in total. The number of benzene rings is 1. The molecule has 2 amide bonds. The van der Waals surface area contributed by atoms with Crippen LogP contribution in [-0.2, 0) is 9.53 Å². The maximum atomic E-state index is 14.1. The number of nitrogens with one attached hydrogen (secondary N) is 2. The molecule has 190 valence electrons. The third-order valence-electron chi connectivity index (χ3n) is 6.32. The third kappa shape index (κ3) is 6.40. The van der Waals surface area contributed by atoms with Crippen LogP contribution in [0.4, 0.5) is 8.78 Å². The van der Waals surface area contributed by atoms with Crippen molar-refractivity contribution in [1.29, 1.82) is 0 Å². The average Bonchev–Trinajstić information content (AvgIpc) is 3.46. The van der Waals surface area contributed by atoms with Gasteiger partial charge in [0, 0.05) is 38.9 Å². The minimum absolute atomic E-state index is 0.107. The van der Waals surface area contributed by atoms with E-state index >= 15 is 0 Å². The quantitative estimate of drug-likeness (QED) is 0.554. The van der Waals surface area contributed by atoms with Gasteiger partial charge >= 0.3 is 0 Å². The van der Waals surface area contributed by atoms with E-state index in [-0.39, 0.29) is 23.2 Å². The summed E-state index contributed by atoms with van der Waals surface area (Å²) in [6.45, 7) is 6.33. The van der Waals surface area contributed by atoms with Crippen LogP contribution in [0.5, 0.6) is 0 Å². The van der Waals surface area contributed by atoms with Gasteiger partial charge in [0.2, 0.25) is 5.91 Å². The molecule has 0 spiro atoms. The first-order valence-electron chi connectivity index (χ1n) is 11.8. The second-order valence-corrected chi connectivity index (χ2v) is 10.0. The summed E-state index contributed by atoms with van der Waals surface area (Å²) in [5.74, 6) is -2.74. The molecule has 4 rings (SSSR count). The van der Waals surface area contributed by atoms with E-state index in [1.807, 2.05) is 13.8 Å². The number of rotatable bonds is 9. The predicted octanol–water partition coefficient (Wildman–Crippen LogP) is 2.39. The van der Waals surface area contributed by atoms with Crippen molar-refractivity contribution in [2.75, 3.05) is 33.4 Å². The molecule has 2 heterocycles. The molecule has 1 saturated heterocycles. The molecule has 0 radical (unpaired) electrons. The van der Waals surface area contributed by atoms with E-state index in [2.05, 4.69) is 25.7 Å². The lowest BCUT2D eigenvalue weighted by molar-refractivity contribution is -0.130. The number of methoxy groups -OCH3 is 1. The number of halogens is 2. The number of nitrogens with zero attached hydrogens (tertiary/aromatic N) is 3. The SMILES string of the molecule is COCC(C)(C)NC(=O)[C@@H]1CN(CC2CC2)CC[C@H]1NC(=O)c1noc(-c2ccc(F)cc2F)n1. The first-order chi connectivity index (χ1) is 16.6. The molecule has 1 aromatic heterocycles. The van der Waals surface area contributed by atoms with Crippen LogP contribution in [0.15, 0.2) is 22.7 Å². The predicted molar refractivity (Wildman–Crippen MR) is 122 cm³/mol. The van der Waals surface area contributed by atoms with E-state index in [0.29, 0.717) is 31.6 Å². The summed E-state index contributed by atoms with van der Waals surface area (Å²) in [4.78, 5) is 32.4. The van der Waals surface area contributed by atoms with Crippen molar-refractivity contribution in [3.8, 4) is 11.5 Å². The van der Waals surface area contributed by atoms with Gasteiger partial charge in [-0.3, -0.25) is 9.59 Å². The monoisotopic (exact) mass is 491 g/mol. The highest BCUT2D eigenvalue weighted by molar-refractivity contribution is 5.91. The Hall–Kier alpha value is -2.92. The van der Waals surface area contributed by atoms with Gasteiger partial charge in [0.1, 0.15) is 11.6 Å². The van der Waals surface area contributed by atoms with Crippen molar-refractivity contribution in [1.82, 2.24) is 25.7 Å². The molecule has 9 nitrogen and oxygen atoms in total. The number of carbonyl (C=O) groups excluding carboxylic acids is 2. The van der Waals surface area contributed by atoms with Crippen molar-refractivity contribution in [3.63, 3.8) is 0 Å². The molecular weight excluding hydrogens is 460 g/mol. The molecule has 1 aromatic carbocycles. The van der Waals surface area contributed by atoms with Crippen molar-refractivity contribution in [3.05, 3.63) is 35.7 Å². The number of likely N-dealkylation sites (tertiary alicyclic amines) is 1. The van der Waals surface area contributed by atoms with Gasteiger partial charge in [-0.2, -0.15) is 4.98 Å². The van der Waals surface area contributed by atoms with Gasteiger partial charge in [-0.25, -0.2) is 8.78 Å². The van der Waals surface area contributed by atoms with Gasteiger partial charge in [-0.1, -0.05) is 5.16 Å². The fourth-order valence-electron chi connectivity index (χ4n) is 4.43. The number of aromatic nitrogens is 2. The minimum Gasteiger partial charge on any atom is -0.382 e. The normalized spacial score (nSPS) is 21.1. The summed E-state index contributed by atoms with van der Waals surface area (Å²) < 4.78 is 37.5. The van der Waals surface area contributed by atoms with E-state index in [4.69, 9.17) is 9.26 Å². The fourth-order valence-corrected chi connectivity index (χ4v) is 4.43. The number of ether oxygens (including phenoxy) is 1. The highest BCUT2D eigenvalue weighted by Gasteiger charge is 2.39. The van der Waals surface area contributed by atoms with Gasteiger partial charge in [0.25, 0.3) is 17.6 Å². The van der Waals surface area contributed by atoms with Crippen molar-refractivity contribution in [2.24, 2.45) is 11.8 Å². The Labute approximate surface area is 202 Å². The molecule has 1 aliphatic heterocycles. The molecule has 2 aliphatic rings. The maximum Gasteiger partial charge on any atom is 0.292 e. The summed E-state index contributed by atoms with van der Waals surface area (Å²) in [5, 5.41) is 9.55. The number of amides is 2. The third-order valence-corrected chi connectivity index (χ3v) is 6.32. The van der Waals surface area contributed by atoms with Crippen LogP contribution in [0, 0.1) is 23.5 Å². The summed E-state index contributed by atoms with van der Waals surface area (Å²) >= 11 is 0. The van der Waals surface area contributed by atoms with Gasteiger partial charge in [0.05, 0.1) is 23.6 Å². The molecule has 0 bridgehead atoms. The molecule has 35 heavy (non-hydrogen) atoms. The second-order valence-electron chi connectivity index (χ2n) is 10.0. The zero-order valence-electron chi connectivity index (χ0n) is 20.1. The van der Waals surface area contributed by atoms with Crippen LogP contribution in [0.25, 0.3) is 11.5 Å². The molecule has 2 atom stereocenters. The Balaban J connectivity index is 1.46. The van der Waals surface area contributed by atoms with Crippen LogP contribution >= 0.6 is 0 Å². The number of piperidine rings is 1. The Morgan fingerprint density at radius 2 is 2.03 bits per heavy atom. The van der Waals surface area contributed by atoms with Crippen LogP contribution in [0.1, 0.15) is 43.7 Å². The lowest BCUT2D eigenvalue weighted by Gasteiger charge is -2.39. The average molecular weight is 492 g/mol. The zero-order valence-corrected chi connectivity index (χ0v) is 20.1. The highest BCUT2D eigenvalue weighted by atomic mass is 19.1. The maximum absolute atomic E-state index is 14.1. The van der Waals surface area contributed by atoms with Crippen LogP contribution in [0.3, 0.4) is 0 Å². The van der Waals surface area contributed by atoms with E-state index in [1.165, 1.54) is 12.8 Å². The molecule has 2 aromatic rings. The topological polar surface area (TPSA) is 110 Å². The minimum atomic E-state index is -0.876. The van der Waals surface area contributed by atoms with E-state index in [0.717, 1.165) is 25.2 Å². The zero-order chi connectivity index (χ0) is 25.2. The van der Waals surface area contributed by atoms with Crippen LogP contribution in [0.2, 0.25) is 0 Å². The van der Waals surface area contributed by atoms with Gasteiger partial charge in [-0.15, -0.1) is 0 Å². The first-order valence-corrected chi connectivity index (χ1v) is 11.8. The van der Waals surface area contributed by atoms with E-state index < -0.39 is 35.0 Å². The highest BCUT2D eigenvalue weighted by Crippen LogP contribution is 2.31. The molecular formula is C24H31F2N5O4. The standard InChI is InChI=1S/C24H31F2N5O4/c1-24(2,13-34-3)29-21(32)17-12-31(11-14-4-5-14)9-8-19(17)27-22(33)20-28-23(35-30-20)16-7-6-15(25)10-18(16)26/h6-7,10,14,17,19H,4-5,8-9,11-13H2,1-3H3,(H,27,33)(H,29,32)/t17-,19-/m1/s1. The Morgan fingerprint density at radius 1 is 1.26 bits per heavy atom. The largest absolute Gasteiger partial charge is 0.382 e. The van der Waals surface area contributed by atoms with Crippen LogP contribution < -0.4 is 10.6 Å². The lowest BCUT2D eigenvalue weighted by atomic mass is 9.89. The summed E-state index contributed by atoms with van der Waals surface area (Å²) in [7, 11) is 1.58. The van der Waals surface area contributed by atoms with E-state index in [1.54, 1.807) is 7.11 Å². The molecule has 2 fully saturated rings. The summed E-state index contributed by atoms with van der Waals surface area (Å²) in [6.07, 6.45) is 3.00. The smallest absolute Gasteiger partial charge is 0.292 e. The van der Waals surface area contributed by atoms with E-state index in [9.17, 15) is 18.4 Å². The lowest BCUT2D eigenvalue weighted by Crippen LogP contribution is -2.59. The Morgan fingerprint density at radius 3 is 2.71 bits per heavy atom. The first kappa shape index (κ1) is 25.2.